The normalized spacial score (nSPS) is 26.3. The maximum Gasteiger partial charge on any atom is 0.317 e. The molecular weight excluding hydrogens is 184 g/mol. The molecule has 1 saturated heterocycles. The lowest BCUT2D eigenvalue weighted by molar-refractivity contribution is -0.142. The van der Waals surface area contributed by atoms with Gasteiger partial charge in [-0.1, -0.05) is 6.92 Å². The summed E-state index contributed by atoms with van der Waals surface area (Å²) in [5.41, 5.74) is 0. The Hall–Kier alpha value is -1.26. The van der Waals surface area contributed by atoms with Crippen molar-refractivity contribution in [1.82, 2.24) is 10.2 Å². The molecule has 1 fully saturated rings. The Bertz CT molecular complexity index is 242. The number of hydrogen-bond donors (Lipinski definition) is 2. The molecular formula is C9H16N2O3. The van der Waals surface area contributed by atoms with Crippen molar-refractivity contribution in [3.05, 3.63) is 0 Å². The number of carboxylic acids is 1. The van der Waals surface area contributed by atoms with Gasteiger partial charge in [0.25, 0.3) is 0 Å². The minimum atomic E-state index is -0.815. The van der Waals surface area contributed by atoms with Crippen molar-refractivity contribution in [2.75, 3.05) is 19.6 Å². The van der Waals surface area contributed by atoms with Gasteiger partial charge >= 0.3 is 12.0 Å². The summed E-state index contributed by atoms with van der Waals surface area (Å²) in [5, 5.41) is 11.5. The van der Waals surface area contributed by atoms with Gasteiger partial charge in [0.2, 0.25) is 0 Å². The van der Waals surface area contributed by atoms with Crippen LogP contribution in [0.15, 0.2) is 0 Å². The second-order valence-electron chi connectivity index (χ2n) is 3.66. The third-order valence-electron chi connectivity index (χ3n) is 2.54. The Labute approximate surface area is 83.1 Å². The van der Waals surface area contributed by atoms with Crippen molar-refractivity contribution in [2.24, 2.45) is 11.8 Å². The number of carbonyl (C=O) groups is 2. The molecule has 14 heavy (non-hydrogen) atoms. The minimum absolute atomic E-state index is 0.0371. The fourth-order valence-corrected chi connectivity index (χ4v) is 1.72. The van der Waals surface area contributed by atoms with Crippen molar-refractivity contribution < 1.29 is 14.7 Å². The summed E-state index contributed by atoms with van der Waals surface area (Å²) in [6.45, 7) is 5.12. The summed E-state index contributed by atoms with van der Waals surface area (Å²) in [5.74, 6) is -1.20. The Morgan fingerprint density at radius 1 is 1.50 bits per heavy atom. The molecule has 0 saturated carbocycles. The largest absolute Gasteiger partial charge is 0.481 e. The summed E-state index contributed by atoms with van der Waals surface area (Å²) >= 11 is 0. The highest BCUT2D eigenvalue weighted by atomic mass is 16.4. The molecule has 0 aromatic rings. The van der Waals surface area contributed by atoms with E-state index >= 15 is 0 Å². The van der Waals surface area contributed by atoms with E-state index in [1.807, 2.05) is 13.8 Å². The van der Waals surface area contributed by atoms with E-state index in [4.69, 9.17) is 5.11 Å². The lowest BCUT2D eigenvalue weighted by atomic mass is 9.99. The smallest absolute Gasteiger partial charge is 0.317 e. The summed E-state index contributed by atoms with van der Waals surface area (Å²) < 4.78 is 0. The number of nitrogens with zero attached hydrogens (tertiary/aromatic N) is 1. The number of hydrogen-bond acceptors (Lipinski definition) is 2. The van der Waals surface area contributed by atoms with Gasteiger partial charge in [-0.25, -0.2) is 4.79 Å². The SMILES string of the molecule is CCNC(=O)N1C[C@@H](C)[C@H](C(=O)O)C1. The van der Waals surface area contributed by atoms with Crippen LogP contribution in [0.5, 0.6) is 0 Å². The molecule has 1 aliphatic rings. The lowest BCUT2D eigenvalue weighted by Crippen LogP contribution is -2.38. The quantitative estimate of drug-likeness (QED) is 0.676. The molecule has 0 spiro atoms. The van der Waals surface area contributed by atoms with Gasteiger partial charge in [-0.3, -0.25) is 4.79 Å². The molecule has 2 atom stereocenters. The van der Waals surface area contributed by atoms with Gasteiger partial charge in [0, 0.05) is 19.6 Å². The van der Waals surface area contributed by atoms with Gasteiger partial charge in [0.1, 0.15) is 0 Å². The van der Waals surface area contributed by atoms with Crippen LogP contribution in [0, 0.1) is 11.8 Å². The Morgan fingerprint density at radius 2 is 2.14 bits per heavy atom. The molecule has 5 heteroatoms. The van der Waals surface area contributed by atoms with E-state index < -0.39 is 11.9 Å². The van der Waals surface area contributed by atoms with Gasteiger partial charge in [-0.05, 0) is 12.8 Å². The molecule has 1 rings (SSSR count). The van der Waals surface area contributed by atoms with Gasteiger partial charge < -0.3 is 15.3 Å². The van der Waals surface area contributed by atoms with E-state index in [0.717, 1.165) is 0 Å². The van der Waals surface area contributed by atoms with Crippen molar-refractivity contribution in [2.45, 2.75) is 13.8 Å². The molecule has 80 valence electrons. The first-order valence-electron chi connectivity index (χ1n) is 4.81. The third kappa shape index (κ3) is 2.16. The first-order valence-corrected chi connectivity index (χ1v) is 4.81. The van der Waals surface area contributed by atoms with Crippen LogP contribution in [0.2, 0.25) is 0 Å². The van der Waals surface area contributed by atoms with Crippen molar-refractivity contribution in [3.8, 4) is 0 Å². The predicted molar refractivity (Wildman–Crippen MR) is 50.9 cm³/mol. The fraction of sp³-hybridized carbons (Fsp3) is 0.778. The van der Waals surface area contributed by atoms with Gasteiger partial charge in [-0.15, -0.1) is 0 Å². The molecule has 0 aliphatic carbocycles. The number of rotatable bonds is 2. The van der Waals surface area contributed by atoms with Crippen LogP contribution in [0.1, 0.15) is 13.8 Å². The second kappa shape index (κ2) is 4.30. The molecule has 0 bridgehead atoms. The van der Waals surface area contributed by atoms with Gasteiger partial charge in [0.15, 0.2) is 0 Å². The number of carbonyl (C=O) groups excluding carboxylic acids is 1. The minimum Gasteiger partial charge on any atom is -0.481 e. The molecule has 2 N–H and O–H groups in total. The van der Waals surface area contributed by atoms with Crippen molar-refractivity contribution in [1.29, 1.82) is 0 Å². The number of likely N-dealkylation sites (tertiary alicyclic amines) is 1. The molecule has 0 aromatic heterocycles. The number of amides is 2. The second-order valence-corrected chi connectivity index (χ2v) is 3.66. The standard InChI is InChI=1S/C9H16N2O3/c1-3-10-9(14)11-4-6(2)7(5-11)8(12)13/h6-7H,3-5H2,1-2H3,(H,10,14)(H,12,13)/t6-,7-/m1/s1. The summed E-state index contributed by atoms with van der Waals surface area (Å²) in [4.78, 5) is 23.7. The number of urea groups is 1. The van der Waals surface area contributed by atoms with E-state index in [1.165, 1.54) is 0 Å². The topological polar surface area (TPSA) is 69.6 Å². The number of nitrogens with one attached hydrogen (secondary N) is 1. The Balaban J connectivity index is 2.54. The summed E-state index contributed by atoms with van der Waals surface area (Å²) in [7, 11) is 0. The molecule has 0 unspecified atom stereocenters. The first-order chi connectivity index (χ1) is 6.56. The van der Waals surface area contributed by atoms with E-state index in [1.54, 1.807) is 4.90 Å². The zero-order chi connectivity index (χ0) is 10.7. The zero-order valence-electron chi connectivity index (χ0n) is 8.49. The predicted octanol–water partition coefficient (Wildman–Crippen LogP) is 0.368. The fourth-order valence-electron chi connectivity index (χ4n) is 1.72. The summed E-state index contributed by atoms with van der Waals surface area (Å²) in [6, 6.07) is -0.164. The van der Waals surface area contributed by atoms with Gasteiger partial charge in [-0.2, -0.15) is 0 Å². The van der Waals surface area contributed by atoms with Crippen LogP contribution in [0.3, 0.4) is 0 Å². The van der Waals surface area contributed by atoms with Crippen LogP contribution in [0.4, 0.5) is 4.79 Å². The lowest BCUT2D eigenvalue weighted by Gasteiger charge is -2.15. The van der Waals surface area contributed by atoms with Gasteiger partial charge in [0.05, 0.1) is 5.92 Å². The highest BCUT2D eigenvalue weighted by molar-refractivity contribution is 5.77. The zero-order valence-corrected chi connectivity index (χ0v) is 8.49. The maximum absolute atomic E-state index is 11.4. The first kappa shape index (κ1) is 10.8. The average molecular weight is 200 g/mol. The van der Waals surface area contributed by atoms with E-state index in [2.05, 4.69) is 5.32 Å². The molecule has 1 heterocycles. The molecule has 0 aromatic carbocycles. The average Bonchev–Trinajstić information content (AvgIpc) is 2.48. The monoisotopic (exact) mass is 200 g/mol. The molecule has 1 aliphatic heterocycles. The molecule has 2 amide bonds. The van der Waals surface area contributed by atoms with E-state index in [-0.39, 0.29) is 11.9 Å². The van der Waals surface area contributed by atoms with Crippen LogP contribution in [-0.4, -0.2) is 41.6 Å². The highest BCUT2D eigenvalue weighted by Crippen LogP contribution is 2.22. The summed E-state index contributed by atoms with van der Waals surface area (Å²) in [6.07, 6.45) is 0. The van der Waals surface area contributed by atoms with E-state index in [9.17, 15) is 9.59 Å². The number of aliphatic carboxylic acids is 1. The van der Waals surface area contributed by atoms with Crippen LogP contribution >= 0.6 is 0 Å². The van der Waals surface area contributed by atoms with Crippen molar-refractivity contribution in [3.63, 3.8) is 0 Å². The van der Waals surface area contributed by atoms with Crippen molar-refractivity contribution >= 4 is 12.0 Å². The van der Waals surface area contributed by atoms with Crippen LogP contribution in [0.25, 0.3) is 0 Å². The Morgan fingerprint density at radius 3 is 2.57 bits per heavy atom. The highest BCUT2D eigenvalue weighted by Gasteiger charge is 2.36. The Kier molecular flexibility index (Phi) is 3.33. The van der Waals surface area contributed by atoms with Crippen LogP contribution < -0.4 is 5.32 Å². The number of carboxylic acid groups (broad SMARTS) is 1. The molecule has 0 radical (unpaired) electrons. The van der Waals surface area contributed by atoms with Crippen LogP contribution in [-0.2, 0) is 4.79 Å². The molecule has 5 nitrogen and oxygen atoms in total. The van der Waals surface area contributed by atoms with E-state index in [0.29, 0.717) is 19.6 Å². The maximum atomic E-state index is 11.4. The third-order valence-corrected chi connectivity index (χ3v) is 2.54.